The van der Waals surface area contributed by atoms with Gasteiger partial charge < -0.3 is 10.1 Å². The molecule has 0 radical (unpaired) electrons. The fourth-order valence-electron chi connectivity index (χ4n) is 1.46. The van der Waals surface area contributed by atoms with E-state index >= 15 is 0 Å². The van der Waals surface area contributed by atoms with Gasteiger partial charge >= 0.3 is 0 Å². The van der Waals surface area contributed by atoms with E-state index in [4.69, 9.17) is 4.74 Å². The topological polar surface area (TPSA) is 47.0 Å². The maximum atomic E-state index is 5.57. The van der Waals surface area contributed by atoms with Crippen molar-refractivity contribution in [2.45, 2.75) is 53.0 Å². The van der Waals surface area contributed by atoms with Crippen molar-refractivity contribution in [3.8, 4) is 5.88 Å². The van der Waals surface area contributed by atoms with Gasteiger partial charge in [0.2, 0.25) is 5.88 Å². The summed E-state index contributed by atoms with van der Waals surface area (Å²) in [5.41, 5.74) is 0. The lowest BCUT2D eigenvalue weighted by atomic mass is 10.3. The molecule has 0 fully saturated rings. The second-order valence-electron chi connectivity index (χ2n) is 4.41. The third-order valence-electron chi connectivity index (χ3n) is 2.11. The number of nitrogens with one attached hydrogen (secondary N) is 1. The van der Waals surface area contributed by atoms with Crippen molar-refractivity contribution in [2.24, 2.45) is 0 Å². The van der Waals surface area contributed by atoms with Gasteiger partial charge in [-0.05, 0) is 26.7 Å². The van der Waals surface area contributed by atoms with Gasteiger partial charge in [-0.1, -0.05) is 13.8 Å². The molecule has 1 heterocycles. The van der Waals surface area contributed by atoms with Gasteiger partial charge in [-0.3, -0.25) is 0 Å². The molecule has 0 spiro atoms. The van der Waals surface area contributed by atoms with Gasteiger partial charge in [-0.25, -0.2) is 4.98 Å². The molecule has 0 unspecified atom stereocenters. The van der Waals surface area contributed by atoms with E-state index in [-0.39, 0.29) is 0 Å². The Kier molecular flexibility index (Phi) is 5.73. The molecule has 0 aliphatic heterocycles. The van der Waals surface area contributed by atoms with E-state index in [9.17, 15) is 0 Å². The van der Waals surface area contributed by atoms with Crippen LogP contribution < -0.4 is 10.1 Å². The third-order valence-corrected chi connectivity index (χ3v) is 2.11. The van der Waals surface area contributed by atoms with Crippen molar-refractivity contribution >= 4 is 5.82 Å². The lowest BCUT2D eigenvalue weighted by Gasteiger charge is -2.12. The summed E-state index contributed by atoms with van der Waals surface area (Å²) in [4.78, 5) is 8.86. The zero-order chi connectivity index (χ0) is 12.7. The molecule has 1 rings (SSSR count). The van der Waals surface area contributed by atoms with Crippen molar-refractivity contribution in [3.05, 3.63) is 11.9 Å². The maximum absolute atomic E-state index is 5.57. The van der Waals surface area contributed by atoms with Gasteiger partial charge in [0.05, 0.1) is 6.61 Å². The highest BCUT2D eigenvalue weighted by Crippen LogP contribution is 2.15. The highest BCUT2D eigenvalue weighted by Gasteiger charge is 2.06. The predicted octanol–water partition coefficient (Wildman–Crippen LogP) is 3.04. The van der Waals surface area contributed by atoms with Crippen molar-refractivity contribution in [3.63, 3.8) is 0 Å². The molecule has 0 aliphatic rings. The maximum Gasteiger partial charge on any atom is 0.218 e. The monoisotopic (exact) mass is 237 g/mol. The summed E-state index contributed by atoms with van der Waals surface area (Å²) in [6, 6.07) is 2.23. The fourth-order valence-corrected chi connectivity index (χ4v) is 1.46. The second kappa shape index (κ2) is 7.09. The number of aryl methyl sites for hydroxylation is 1. The molecule has 1 aromatic rings. The molecule has 1 aromatic heterocycles. The largest absolute Gasteiger partial charge is 0.478 e. The zero-order valence-electron chi connectivity index (χ0n) is 11.3. The third kappa shape index (κ3) is 5.02. The van der Waals surface area contributed by atoms with E-state index in [1.165, 1.54) is 0 Å². The van der Waals surface area contributed by atoms with Gasteiger partial charge in [0.1, 0.15) is 11.6 Å². The molecule has 4 nitrogen and oxygen atoms in total. The summed E-state index contributed by atoms with van der Waals surface area (Å²) < 4.78 is 5.57. The van der Waals surface area contributed by atoms with Gasteiger partial charge in [0.25, 0.3) is 0 Å². The lowest BCUT2D eigenvalue weighted by Crippen LogP contribution is -2.13. The van der Waals surface area contributed by atoms with Crippen LogP contribution in [-0.4, -0.2) is 22.6 Å². The molecule has 1 N–H and O–H groups in total. The van der Waals surface area contributed by atoms with Crippen molar-refractivity contribution in [1.29, 1.82) is 0 Å². The predicted molar refractivity (Wildman–Crippen MR) is 70.6 cm³/mol. The van der Waals surface area contributed by atoms with E-state index < -0.39 is 0 Å². The molecule has 0 saturated heterocycles. The normalized spacial score (nSPS) is 10.6. The van der Waals surface area contributed by atoms with Crippen molar-refractivity contribution in [2.75, 3.05) is 11.9 Å². The van der Waals surface area contributed by atoms with E-state index in [0.717, 1.165) is 30.9 Å². The Hall–Kier alpha value is -1.32. The lowest BCUT2D eigenvalue weighted by molar-refractivity contribution is 0.303. The quantitative estimate of drug-likeness (QED) is 0.791. The highest BCUT2D eigenvalue weighted by molar-refractivity contribution is 5.39. The fraction of sp³-hybridized carbons (Fsp3) is 0.692. The molecule has 0 aromatic carbocycles. The number of hydrogen-bond donors (Lipinski definition) is 1. The van der Waals surface area contributed by atoms with E-state index in [1.54, 1.807) is 0 Å². The second-order valence-corrected chi connectivity index (χ2v) is 4.41. The Labute approximate surface area is 104 Å². The summed E-state index contributed by atoms with van der Waals surface area (Å²) in [7, 11) is 0. The molecule has 17 heavy (non-hydrogen) atoms. The van der Waals surface area contributed by atoms with Gasteiger partial charge in [0, 0.05) is 18.5 Å². The number of aromatic nitrogens is 2. The molecule has 4 heteroatoms. The van der Waals surface area contributed by atoms with E-state index in [1.807, 2.05) is 6.07 Å². The standard InChI is InChI=1S/C13H23N3O/c1-5-7-11-15-12(14-10(3)4)9-13(16-11)17-8-6-2/h9-10H,5-8H2,1-4H3,(H,14,15,16). The van der Waals surface area contributed by atoms with Crippen LogP contribution in [-0.2, 0) is 6.42 Å². The molecule has 0 bridgehead atoms. The molecule has 0 saturated carbocycles. The van der Waals surface area contributed by atoms with Gasteiger partial charge in [-0.2, -0.15) is 4.98 Å². The molecular formula is C13H23N3O. The zero-order valence-corrected chi connectivity index (χ0v) is 11.3. The summed E-state index contributed by atoms with van der Waals surface area (Å²) in [5.74, 6) is 2.38. The Morgan fingerprint density at radius 2 is 2.00 bits per heavy atom. The molecular weight excluding hydrogens is 214 g/mol. The SMILES string of the molecule is CCCOc1cc(NC(C)C)nc(CCC)n1. The number of hydrogen-bond acceptors (Lipinski definition) is 4. The van der Waals surface area contributed by atoms with Crippen LogP contribution in [0.2, 0.25) is 0 Å². The summed E-state index contributed by atoms with van der Waals surface area (Å²) in [5, 5.41) is 3.29. The summed E-state index contributed by atoms with van der Waals surface area (Å²) >= 11 is 0. The minimum Gasteiger partial charge on any atom is -0.478 e. The summed E-state index contributed by atoms with van der Waals surface area (Å²) in [6.45, 7) is 9.09. The number of anilines is 1. The van der Waals surface area contributed by atoms with Crippen LogP contribution in [0, 0.1) is 0 Å². The Morgan fingerprint density at radius 3 is 2.59 bits per heavy atom. The number of ether oxygens (including phenoxy) is 1. The number of rotatable bonds is 7. The molecule has 96 valence electrons. The van der Waals surface area contributed by atoms with Crippen LogP contribution in [0.4, 0.5) is 5.82 Å². The molecule has 0 atom stereocenters. The first-order valence-corrected chi connectivity index (χ1v) is 6.43. The van der Waals surface area contributed by atoms with Gasteiger partial charge in [-0.15, -0.1) is 0 Å². The van der Waals surface area contributed by atoms with Crippen molar-refractivity contribution in [1.82, 2.24) is 9.97 Å². The average Bonchev–Trinajstić information content (AvgIpc) is 2.25. The average molecular weight is 237 g/mol. The van der Waals surface area contributed by atoms with Crippen LogP contribution in [0.1, 0.15) is 46.4 Å². The Morgan fingerprint density at radius 1 is 1.24 bits per heavy atom. The van der Waals surface area contributed by atoms with Gasteiger partial charge in [0.15, 0.2) is 0 Å². The minimum atomic E-state index is 0.360. The van der Waals surface area contributed by atoms with Crippen LogP contribution in [0.5, 0.6) is 5.88 Å². The minimum absolute atomic E-state index is 0.360. The van der Waals surface area contributed by atoms with Crippen LogP contribution in [0.15, 0.2) is 6.07 Å². The Balaban J connectivity index is 2.84. The smallest absolute Gasteiger partial charge is 0.218 e. The van der Waals surface area contributed by atoms with E-state index in [0.29, 0.717) is 18.5 Å². The van der Waals surface area contributed by atoms with Crippen molar-refractivity contribution < 1.29 is 4.74 Å². The van der Waals surface area contributed by atoms with E-state index in [2.05, 4.69) is 43.0 Å². The highest BCUT2D eigenvalue weighted by atomic mass is 16.5. The molecule has 0 amide bonds. The summed E-state index contributed by atoms with van der Waals surface area (Å²) in [6.07, 6.45) is 2.91. The first-order valence-electron chi connectivity index (χ1n) is 6.43. The Bertz CT molecular complexity index is 339. The molecule has 0 aliphatic carbocycles. The van der Waals surface area contributed by atoms with Crippen LogP contribution >= 0.6 is 0 Å². The van der Waals surface area contributed by atoms with Crippen LogP contribution in [0.25, 0.3) is 0 Å². The number of nitrogens with zero attached hydrogens (tertiary/aromatic N) is 2. The first-order chi connectivity index (χ1) is 8.15. The van der Waals surface area contributed by atoms with Crippen LogP contribution in [0.3, 0.4) is 0 Å². The first kappa shape index (κ1) is 13.7.